The van der Waals surface area contributed by atoms with Crippen molar-refractivity contribution in [2.75, 3.05) is 30.4 Å². The Labute approximate surface area is 158 Å². The topological polar surface area (TPSA) is 90.7 Å². The number of anilines is 2. The van der Waals surface area contributed by atoms with Crippen LogP contribution in [0.4, 0.5) is 21.0 Å². The lowest BCUT2D eigenvalue weighted by molar-refractivity contribution is 0.229. The van der Waals surface area contributed by atoms with Crippen LogP contribution < -0.4 is 21.3 Å². The second kappa shape index (κ2) is 6.92. The second-order valence-electron chi connectivity index (χ2n) is 7.04. The van der Waals surface area contributed by atoms with E-state index in [1.165, 1.54) is 5.56 Å². The van der Waals surface area contributed by atoms with Crippen LogP contribution in [-0.2, 0) is 6.42 Å². The molecule has 1 saturated heterocycles. The van der Waals surface area contributed by atoms with Crippen molar-refractivity contribution in [1.29, 1.82) is 0 Å². The number of carbonyl (C=O) groups is 2. The van der Waals surface area contributed by atoms with Crippen molar-refractivity contribution >= 4 is 23.4 Å². The molecule has 1 aliphatic heterocycles. The van der Waals surface area contributed by atoms with Crippen molar-refractivity contribution in [2.24, 2.45) is 5.73 Å². The van der Waals surface area contributed by atoms with Gasteiger partial charge in [0, 0.05) is 31.5 Å². The fourth-order valence-electron chi connectivity index (χ4n) is 3.74. The first-order valence-electron chi connectivity index (χ1n) is 9.06. The van der Waals surface area contributed by atoms with E-state index in [9.17, 15) is 9.59 Å². The average molecular weight is 365 g/mol. The quantitative estimate of drug-likeness (QED) is 0.779. The number of urea groups is 2. The Balaban J connectivity index is 1.41. The minimum Gasteiger partial charge on any atom is -0.333 e. The number of hydrogen-bond donors (Lipinski definition) is 3. The van der Waals surface area contributed by atoms with Crippen molar-refractivity contribution in [3.05, 3.63) is 59.7 Å². The van der Waals surface area contributed by atoms with E-state index in [1.807, 2.05) is 36.4 Å². The van der Waals surface area contributed by atoms with Gasteiger partial charge in [0.2, 0.25) is 0 Å². The Morgan fingerprint density at radius 3 is 2.70 bits per heavy atom. The summed E-state index contributed by atoms with van der Waals surface area (Å²) in [5, 5.41) is 5.81. The van der Waals surface area contributed by atoms with Crippen molar-refractivity contribution in [3.63, 3.8) is 0 Å². The lowest BCUT2D eigenvalue weighted by Gasteiger charge is -2.19. The van der Waals surface area contributed by atoms with E-state index in [2.05, 4.69) is 10.6 Å². The zero-order valence-electron chi connectivity index (χ0n) is 15.2. The zero-order valence-corrected chi connectivity index (χ0v) is 15.2. The van der Waals surface area contributed by atoms with Crippen LogP contribution in [0.25, 0.3) is 0 Å². The number of likely N-dealkylation sites (N-methyl/N-ethyl adjacent to an activating group) is 1. The molecule has 7 heteroatoms. The summed E-state index contributed by atoms with van der Waals surface area (Å²) in [5.74, 6) is 0. The van der Waals surface area contributed by atoms with Gasteiger partial charge in [-0.25, -0.2) is 9.59 Å². The standard InChI is InChI=1S/C20H23N5O2/c1-24-9-10-25(20(24)27)15-7-4-6-14(12-15)22-19(26)23-17-11-13-5-2-3-8-16(13)18(17)21/h2-8,12,17-18H,9-11,21H2,1H3,(H2,22,23,26)/t17-,18-/m0/s1. The molecule has 1 aliphatic carbocycles. The van der Waals surface area contributed by atoms with Gasteiger partial charge in [-0.3, -0.25) is 4.90 Å². The molecule has 7 nitrogen and oxygen atoms in total. The molecule has 4 amide bonds. The SMILES string of the molecule is CN1CCN(c2cccc(NC(=O)N[C@H]3Cc4ccccc4[C@@H]3N)c2)C1=O. The van der Waals surface area contributed by atoms with Crippen molar-refractivity contribution in [3.8, 4) is 0 Å². The Hall–Kier alpha value is -3.06. The lowest BCUT2D eigenvalue weighted by Crippen LogP contribution is -2.42. The molecule has 4 N–H and O–H groups in total. The highest BCUT2D eigenvalue weighted by molar-refractivity contribution is 5.95. The number of rotatable bonds is 3. The average Bonchev–Trinajstić information content (AvgIpc) is 3.15. The molecule has 0 radical (unpaired) electrons. The highest BCUT2D eigenvalue weighted by atomic mass is 16.2. The number of nitrogens with one attached hydrogen (secondary N) is 2. The first kappa shape index (κ1) is 17.4. The maximum atomic E-state index is 12.4. The molecule has 2 atom stereocenters. The Morgan fingerprint density at radius 2 is 1.96 bits per heavy atom. The molecule has 0 bridgehead atoms. The third kappa shape index (κ3) is 3.33. The number of benzene rings is 2. The third-order valence-corrected chi connectivity index (χ3v) is 5.24. The van der Waals surface area contributed by atoms with Crippen LogP contribution in [0.3, 0.4) is 0 Å². The minimum absolute atomic E-state index is 0.0358. The van der Waals surface area contributed by atoms with E-state index in [0.29, 0.717) is 18.8 Å². The monoisotopic (exact) mass is 365 g/mol. The number of hydrogen-bond acceptors (Lipinski definition) is 3. The van der Waals surface area contributed by atoms with Crippen molar-refractivity contribution in [1.82, 2.24) is 10.2 Å². The minimum atomic E-state index is -0.301. The molecule has 0 saturated carbocycles. The predicted molar refractivity (Wildman–Crippen MR) is 105 cm³/mol. The molecule has 4 rings (SSSR count). The zero-order chi connectivity index (χ0) is 19.0. The first-order chi connectivity index (χ1) is 13.0. The summed E-state index contributed by atoms with van der Waals surface area (Å²) in [6, 6.07) is 14.6. The lowest BCUT2D eigenvalue weighted by atomic mass is 10.1. The van der Waals surface area contributed by atoms with Crippen LogP contribution in [0.1, 0.15) is 17.2 Å². The van der Waals surface area contributed by atoms with Crippen molar-refractivity contribution < 1.29 is 9.59 Å². The summed E-state index contributed by atoms with van der Waals surface area (Å²) in [6.45, 7) is 1.33. The van der Waals surface area contributed by atoms with E-state index in [-0.39, 0.29) is 24.1 Å². The fraction of sp³-hybridized carbons (Fsp3) is 0.300. The van der Waals surface area contributed by atoms with Crippen LogP contribution in [-0.4, -0.2) is 43.1 Å². The Kier molecular flexibility index (Phi) is 4.45. The number of carbonyl (C=O) groups excluding carboxylic acids is 2. The van der Waals surface area contributed by atoms with Gasteiger partial charge in [0.1, 0.15) is 0 Å². The van der Waals surface area contributed by atoms with E-state index in [0.717, 1.165) is 17.7 Å². The second-order valence-corrected chi connectivity index (χ2v) is 7.04. The summed E-state index contributed by atoms with van der Waals surface area (Å²) in [5.41, 5.74) is 9.94. The molecule has 2 aromatic rings. The predicted octanol–water partition coefficient (Wildman–Crippen LogP) is 2.30. The number of nitrogens with two attached hydrogens (primary N) is 1. The van der Waals surface area contributed by atoms with Gasteiger partial charge in [-0.1, -0.05) is 30.3 Å². The van der Waals surface area contributed by atoms with Gasteiger partial charge in [0.25, 0.3) is 0 Å². The summed E-state index contributed by atoms with van der Waals surface area (Å²) in [6.07, 6.45) is 0.722. The van der Waals surface area contributed by atoms with Gasteiger partial charge >= 0.3 is 12.1 Å². The van der Waals surface area contributed by atoms with Crippen LogP contribution in [0.2, 0.25) is 0 Å². The molecule has 2 aromatic carbocycles. The fourth-order valence-corrected chi connectivity index (χ4v) is 3.74. The van der Waals surface area contributed by atoms with Crippen LogP contribution in [0.5, 0.6) is 0 Å². The highest BCUT2D eigenvalue weighted by Crippen LogP contribution is 2.29. The molecule has 1 heterocycles. The molecular weight excluding hydrogens is 342 g/mol. The third-order valence-electron chi connectivity index (χ3n) is 5.24. The van der Waals surface area contributed by atoms with Gasteiger partial charge in [0.05, 0.1) is 12.1 Å². The number of fused-ring (bicyclic) bond motifs is 1. The molecule has 2 aliphatic rings. The van der Waals surface area contributed by atoms with Crippen LogP contribution in [0.15, 0.2) is 48.5 Å². The first-order valence-corrected chi connectivity index (χ1v) is 9.06. The van der Waals surface area contributed by atoms with E-state index in [1.54, 1.807) is 29.0 Å². The van der Waals surface area contributed by atoms with Gasteiger partial charge in [-0.15, -0.1) is 0 Å². The summed E-state index contributed by atoms with van der Waals surface area (Å²) in [7, 11) is 1.78. The summed E-state index contributed by atoms with van der Waals surface area (Å²) >= 11 is 0. The van der Waals surface area contributed by atoms with Crippen LogP contribution in [0, 0.1) is 0 Å². The van der Waals surface area contributed by atoms with Gasteiger partial charge in [-0.2, -0.15) is 0 Å². The molecular formula is C20H23N5O2. The largest absolute Gasteiger partial charge is 0.333 e. The molecule has 140 valence electrons. The highest BCUT2D eigenvalue weighted by Gasteiger charge is 2.30. The molecule has 1 fully saturated rings. The van der Waals surface area contributed by atoms with E-state index in [4.69, 9.17) is 5.73 Å². The summed E-state index contributed by atoms with van der Waals surface area (Å²) in [4.78, 5) is 28.0. The van der Waals surface area contributed by atoms with Gasteiger partial charge in [-0.05, 0) is 35.7 Å². The maximum Gasteiger partial charge on any atom is 0.324 e. The van der Waals surface area contributed by atoms with Gasteiger partial charge in [0.15, 0.2) is 0 Å². The number of nitrogens with zero attached hydrogens (tertiary/aromatic N) is 2. The normalized spacial score (nSPS) is 21.3. The smallest absolute Gasteiger partial charge is 0.324 e. The maximum absolute atomic E-state index is 12.4. The molecule has 0 unspecified atom stereocenters. The molecule has 27 heavy (non-hydrogen) atoms. The van der Waals surface area contributed by atoms with Crippen LogP contribution >= 0.6 is 0 Å². The number of amides is 4. The van der Waals surface area contributed by atoms with E-state index >= 15 is 0 Å². The van der Waals surface area contributed by atoms with E-state index < -0.39 is 0 Å². The molecule has 0 spiro atoms. The van der Waals surface area contributed by atoms with Gasteiger partial charge < -0.3 is 21.3 Å². The van der Waals surface area contributed by atoms with Crippen molar-refractivity contribution in [2.45, 2.75) is 18.5 Å². The Bertz CT molecular complexity index is 884. The Morgan fingerprint density at radius 1 is 1.15 bits per heavy atom. The molecule has 0 aromatic heterocycles. The summed E-state index contributed by atoms with van der Waals surface area (Å²) < 4.78 is 0.